The molecule has 0 radical (unpaired) electrons. The van der Waals surface area contributed by atoms with Gasteiger partial charge in [0.15, 0.2) is 0 Å². The second kappa shape index (κ2) is 5.30. The van der Waals surface area contributed by atoms with Crippen molar-refractivity contribution in [2.75, 3.05) is 6.54 Å². The van der Waals surface area contributed by atoms with Gasteiger partial charge in [0.05, 0.1) is 6.54 Å². The van der Waals surface area contributed by atoms with Crippen molar-refractivity contribution in [1.82, 2.24) is 5.43 Å². The summed E-state index contributed by atoms with van der Waals surface area (Å²) in [7, 11) is 0. The van der Waals surface area contributed by atoms with Crippen LogP contribution in [0.5, 0.6) is 0 Å². The van der Waals surface area contributed by atoms with Gasteiger partial charge in [-0.15, -0.1) is 5.92 Å². The molecule has 0 saturated carbocycles. The predicted octanol–water partition coefficient (Wildman–Crippen LogP) is 0.0598. The molecule has 4 nitrogen and oxygen atoms in total. The molecule has 0 aromatic heterocycles. The van der Waals surface area contributed by atoms with E-state index >= 15 is 0 Å². The third-order valence-corrected chi connectivity index (χ3v) is 0.900. The van der Waals surface area contributed by atoms with Crippen LogP contribution in [0.1, 0.15) is 13.8 Å². The van der Waals surface area contributed by atoms with Crippen molar-refractivity contribution in [3.8, 4) is 11.8 Å². The van der Waals surface area contributed by atoms with E-state index in [9.17, 15) is 4.79 Å². The molecule has 0 heterocycles. The first-order valence-electron chi connectivity index (χ1n) is 3.08. The second-order valence-corrected chi connectivity index (χ2v) is 1.76. The zero-order chi connectivity index (χ0) is 8.69. The Labute approximate surface area is 65.3 Å². The number of carboxylic acids is 1. The number of rotatable bonds is 3. The van der Waals surface area contributed by atoms with E-state index in [0.29, 0.717) is 6.54 Å². The van der Waals surface area contributed by atoms with Crippen molar-refractivity contribution >= 4 is 11.7 Å². The van der Waals surface area contributed by atoms with Gasteiger partial charge in [-0.25, -0.2) is 4.79 Å². The number of nitrogens with zero attached hydrogens (tertiary/aromatic N) is 1. The lowest BCUT2D eigenvalue weighted by Gasteiger charge is -1.93. The van der Waals surface area contributed by atoms with Crippen molar-refractivity contribution in [2.24, 2.45) is 5.10 Å². The highest BCUT2D eigenvalue weighted by atomic mass is 16.4. The maximum Gasteiger partial charge on any atom is 0.351 e. The Hall–Kier alpha value is -1.50. The van der Waals surface area contributed by atoms with E-state index in [1.54, 1.807) is 6.92 Å². The first-order chi connectivity index (χ1) is 5.18. The van der Waals surface area contributed by atoms with Gasteiger partial charge in [-0.3, -0.25) is 5.43 Å². The van der Waals surface area contributed by atoms with Crippen molar-refractivity contribution in [3.63, 3.8) is 0 Å². The number of hydrazone groups is 1. The van der Waals surface area contributed by atoms with Gasteiger partial charge >= 0.3 is 5.97 Å². The van der Waals surface area contributed by atoms with E-state index in [1.165, 1.54) is 6.92 Å². The quantitative estimate of drug-likeness (QED) is 0.261. The lowest BCUT2D eigenvalue weighted by molar-refractivity contribution is -0.129. The van der Waals surface area contributed by atoms with Gasteiger partial charge in [0.1, 0.15) is 5.71 Å². The molecular weight excluding hydrogens is 144 g/mol. The van der Waals surface area contributed by atoms with E-state index in [2.05, 4.69) is 22.4 Å². The van der Waals surface area contributed by atoms with Gasteiger partial charge in [0, 0.05) is 0 Å². The Balaban J connectivity index is 3.71. The van der Waals surface area contributed by atoms with E-state index in [1.807, 2.05) is 0 Å². The largest absolute Gasteiger partial charge is 0.477 e. The van der Waals surface area contributed by atoms with Gasteiger partial charge in [-0.05, 0) is 13.8 Å². The average Bonchev–Trinajstić information content (AvgIpc) is 1.97. The zero-order valence-corrected chi connectivity index (χ0v) is 6.51. The highest BCUT2D eigenvalue weighted by Crippen LogP contribution is 1.72. The molecule has 0 bridgehead atoms. The average molecular weight is 154 g/mol. The number of carbonyl (C=O) groups is 1. The molecule has 4 heteroatoms. The summed E-state index contributed by atoms with van der Waals surface area (Å²) in [4.78, 5) is 10.2. The van der Waals surface area contributed by atoms with E-state index in [-0.39, 0.29) is 5.71 Å². The second-order valence-electron chi connectivity index (χ2n) is 1.76. The van der Waals surface area contributed by atoms with Crippen LogP contribution in [-0.4, -0.2) is 23.3 Å². The van der Waals surface area contributed by atoms with Crippen LogP contribution in [0.15, 0.2) is 5.10 Å². The minimum atomic E-state index is -1.03. The molecule has 0 aromatic rings. The molecular formula is C7H10N2O2. The van der Waals surface area contributed by atoms with Gasteiger partial charge in [-0.2, -0.15) is 5.10 Å². The first-order valence-corrected chi connectivity index (χ1v) is 3.08. The molecule has 0 atom stereocenters. The van der Waals surface area contributed by atoms with Crippen molar-refractivity contribution in [1.29, 1.82) is 0 Å². The van der Waals surface area contributed by atoms with Crippen LogP contribution in [0.4, 0.5) is 0 Å². The number of hydrogen-bond acceptors (Lipinski definition) is 3. The molecule has 0 aliphatic heterocycles. The molecule has 0 fully saturated rings. The van der Waals surface area contributed by atoms with Crippen molar-refractivity contribution < 1.29 is 9.90 Å². The molecule has 0 amide bonds. The van der Waals surface area contributed by atoms with Gasteiger partial charge < -0.3 is 5.11 Å². The smallest absolute Gasteiger partial charge is 0.351 e. The Kier molecular flexibility index (Phi) is 4.58. The maximum atomic E-state index is 10.2. The highest BCUT2D eigenvalue weighted by molar-refractivity contribution is 6.34. The van der Waals surface area contributed by atoms with E-state index in [0.717, 1.165) is 0 Å². The first kappa shape index (κ1) is 9.50. The van der Waals surface area contributed by atoms with Gasteiger partial charge in [-0.1, -0.05) is 5.92 Å². The third kappa shape index (κ3) is 4.97. The zero-order valence-electron chi connectivity index (χ0n) is 6.51. The number of hydrogen-bond donors (Lipinski definition) is 2. The molecule has 60 valence electrons. The summed E-state index contributed by atoms with van der Waals surface area (Å²) in [6.45, 7) is 3.49. The predicted molar refractivity (Wildman–Crippen MR) is 42.2 cm³/mol. The molecule has 0 aromatic carbocycles. The fourth-order valence-corrected chi connectivity index (χ4v) is 0.334. The maximum absolute atomic E-state index is 10.2. The standard InChI is InChI=1S/C7H10N2O2/c1-3-4-5-8-9-6(2)7(10)11/h8H,5H2,1-2H3,(H,10,11). The summed E-state index contributed by atoms with van der Waals surface area (Å²) in [6.07, 6.45) is 0. The van der Waals surface area contributed by atoms with Crippen molar-refractivity contribution in [2.45, 2.75) is 13.8 Å². The summed E-state index contributed by atoms with van der Waals surface area (Å²) in [5, 5.41) is 11.9. The van der Waals surface area contributed by atoms with Crippen LogP contribution in [0.3, 0.4) is 0 Å². The van der Waals surface area contributed by atoms with Crippen LogP contribution in [-0.2, 0) is 4.79 Å². The fourth-order valence-electron chi connectivity index (χ4n) is 0.334. The molecule has 0 aliphatic rings. The molecule has 0 spiro atoms. The molecule has 0 unspecified atom stereocenters. The minimum Gasteiger partial charge on any atom is -0.477 e. The Morgan fingerprint density at radius 2 is 2.36 bits per heavy atom. The topological polar surface area (TPSA) is 61.7 Å². The molecule has 0 aliphatic carbocycles. The summed E-state index contributed by atoms with van der Waals surface area (Å²) in [6, 6.07) is 0. The summed E-state index contributed by atoms with van der Waals surface area (Å²) in [5.41, 5.74) is 2.53. The van der Waals surface area contributed by atoms with E-state index < -0.39 is 5.97 Å². The van der Waals surface area contributed by atoms with E-state index in [4.69, 9.17) is 5.11 Å². The van der Waals surface area contributed by atoms with Crippen LogP contribution < -0.4 is 5.43 Å². The Morgan fingerprint density at radius 3 is 2.82 bits per heavy atom. The van der Waals surface area contributed by atoms with Crippen molar-refractivity contribution in [3.05, 3.63) is 0 Å². The number of nitrogens with one attached hydrogen (secondary N) is 1. The normalized spacial score (nSPS) is 9.82. The third-order valence-electron chi connectivity index (χ3n) is 0.900. The Bertz CT molecular complexity index is 222. The number of carboxylic acid groups (broad SMARTS) is 1. The minimum absolute atomic E-state index is 0.0305. The summed E-state index contributed by atoms with van der Waals surface area (Å²) >= 11 is 0. The van der Waals surface area contributed by atoms with Crippen LogP contribution >= 0.6 is 0 Å². The fraction of sp³-hybridized carbons (Fsp3) is 0.429. The number of aliphatic carboxylic acids is 1. The lowest BCUT2D eigenvalue weighted by Crippen LogP contribution is -2.15. The lowest BCUT2D eigenvalue weighted by atomic mass is 10.4. The molecule has 0 rings (SSSR count). The van der Waals surface area contributed by atoms with Crippen LogP contribution in [0, 0.1) is 11.8 Å². The SMILES string of the molecule is CC#CCNN=C(C)C(=O)O. The molecule has 0 saturated heterocycles. The Morgan fingerprint density at radius 1 is 1.73 bits per heavy atom. The monoisotopic (exact) mass is 154 g/mol. The molecule has 2 N–H and O–H groups in total. The summed E-state index contributed by atoms with van der Waals surface area (Å²) < 4.78 is 0. The van der Waals surface area contributed by atoms with Gasteiger partial charge in [0.2, 0.25) is 0 Å². The highest BCUT2D eigenvalue weighted by Gasteiger charge is 1.98. The van der Waals surface area contributed by atoms with Crippen LogP contribution in [0.2, 0.25) is 0 Å². The summed E-state index contributed by atoms with van der Waals surface area (Å²) in [5.74, 6) is 4.30. The van der Waals surface area contributed by atoms with Crippen LogP contribution in [0.25, 0.3) is 0 Å². The molecule has 11 heavy (non-hydrogen) atoms. The van der Waals surface area contributed by atoms with Gasteiger partial charge in [0.25, 0.3) is 0 Å².